The number of aliphatic imine (C=N–C) groups is 1. The summed E-state index contributed by atoms with van der Waals surface area (Å²) in [7, 11) is -3.10. The van der Waals surface area contributed by atoms with E-state index in [1.54, 1.807) is 0 Å². The van der Waals surface area contributed by atoms with E-state index >= 15 is 0 Å². The number of nitrogens with zero attached hydrogens (tertiary/aromatic N) is 2. The molecule has 9 heteroatoms. The molecule has 2 heterocycles. The van der Waals surface area contributed by atoms with E-state index in [1.807, 2.05) is 61.2 Å². The first-order chi connectivity index (χ1) is 14.7. The third-order valence-electron chi connectivity index (χ3n) is 5.48. The lowest BCUT2D eigenvalue weighted by atomic mass is 10.1. The van der Waals surface area contributed by atoms with Crippen molar-refractivity contribution in [1.82, 2.24) is 4.90 Å². The number of thioether (sulfide) groups is 1. The molecular weight excluding hydrogens is 454 g/mol. The molecular formula is C22H24ClN3O3S2. The van der Waals surface area contributed by atoms with Crippen molar-refractivity contribution < 1.29 is 13.2 Å². The molecule has 164 valence electrons. The topological polar surface area (TPSA) is 78.8 Å². The van der Waals surface area contributed by atoms with Gasteiger partial charge in [-0.1, -0.05) is 47.6 Å². The molecule has 6 nitrogen and oxygen atoms in total. The van der Waals surface area contributed by atoms with Gasteiger partial charge in [-0.3, -0.25) is 9.79 Å². The Bertz CT molecular complexity index is 1130. The molecule has 0 spiro atoms. The molecule has 2 atom stereocenters. The van der Waals surface area contributed by atoms with Gasteiger partial charge in [-0.15, -0.1) is 0 Å². The Balaban J connectivity index is 1.46. The van der Waals surface area contributed by atoms with Crippen LogP contribution in [0.2, 0.25) is 5.02 Å². The average molecular weight is 478 g/mol. The lowest BCUT2D eigenvalue weighted by Gasteiger charge is -2.26. The summed E-state index contributed by atoms with van der Waals surface area (Å²) in [5.41, 5.74) is 3.91. The molecule has 2 unspecified atom stereocenters. The molecule has 0 aromatic heterocycles. The number of sulfone groups is 1. The van der Waals surface area contributed by atoms with Crippen LogP contribution in [-0.2, 0) is 21.2 Å². The van der Waals surface area contributed by atoms with Crippen LogP contribution in [0, 0.1) is 13.8 Å². The van der Waals surface area contributed by atoms with Crippen molar-refractivity contribution in [3.63, 3.8) is 0 Å². The number of nitrogens with one attached hydrogen (secondary N) is 1. The van der Waals surface area contributed by atoms with Gasteiger partial charge in [-0.2, -0.15) is 0 Å². The Labute approximate surface area is 192 Å². The maximum absolute atomic E-state index is 12.6. The number of benzene rings is 2. The lowest BCUT2D eigenvalue weighted by Crippen LogP contribution is -2.38. The lowest BCUT2D eigenvalue weighted by molar-refractivity contribution is -0.113. The standard InChI is InChI=1S/C22H24ClN3O3S2/c1-14-3-4-15(2)18(9-14)24-21(27)11-30-22-25-19-12-31(28,29)13-20(19)26(22)10-16-5-7-17(23)8-6-16/h3-9,19-20H,10-13H2,1-2H3,(H,24,27). The number of amides is 1. The summed E-state index contributed by atoms with van der Waals surface area (Å²) in [6, 6.07) is 13.0. The molecule has 2 aliphatic heterocycles. The van der Waals surface area contributed by atoms with Crippen molar-refractivity contribution >= 4 is 50.0 Å². The Morgan fingerprint density at radius 1 is 1.19 bits per heavy atom. The molecule has 1 fully saturated rings. The molecule has 2 aliphatic rings. The second-order valence-corrected chi connectivity index (χ2v) is 11.6. The summed E-state index contributed by atoms with van der Waals surface area (Å²) in [6.45, 7) is 4.47. The Hall–Kier alpha value is -2.03. The van der Waals surface area contributed by atoms with E-state index in [0.29, 0.717) is 11.6 Å². The van der Waals surface area contributed by atoms with Gasteiger partial charge in [-0.05, 0) is 48.7 Å². The molecule has 2 aromatic rings. The minimum absolute atomic E-state index is 0.0630. The van der Waals surface area contributed by atoms with Gasteiger partial charge in [0.1, 0.15) is 0 Å². The molecule has 2 aromatic carbocycles. The van der Waals surface area contributed by atoms with Gasteiger partial charge in [0, 0.05) is 17.3 Å². The smallest absolute Gasteiger partial charge is 0.234 e. The van der Waals surface area contributed by atoms with Crippen LogP contribution in [0.4, 0.5) is 5.69 Å². The van der Waals surface area contributed by atoms with Crippen LogP contribution < -0.4 is 5.32 Å². The van der Waals surface area contributed by atoms with Crippen molar-refractivity contribution in [2.45, 2.75) is 32.5 Å². The Morgan fingerprint density at radius 3 is 2.68 bits per heavy atom. The van der Waals surface area contributed by atoms with Crippen LogP contribution >= 0.6 is 23.4 Å². The van der Waals surface area contributed by atoms with Gasteiger partial charge in [0.25, 0.3) is 0 Å². The zero-order valence-corrected chi connectivity index (χ0v) is 19.7. The van der Waals surface area contributed by atoms with Gasteiger partial charge in [0.15, 0.2) is 15.0 Å². The summed E-state index contributed by atoms with van der Waals surface area (Å²) in [5.74, 6) is 0.244. The van der Waals surface area contributed by atoms with E-state index in [4.69, 9.17) is 11.6 Å². The van der Waals surface area contributed by atoms with E-state index in [0.717, 1.165) is 27.5 Å². The molecule has 1 saturated heterocycles. The van der Waals surface area contributed by atoms with E-state index in [1.165, 1.54) is 11.8 Å². The SMILES string of the molecule is Cc1ccc(C)c(NC(=O)CSC2=NC3CS(=O)(=O)CC3N2Cc2ccc(Cl)cc2)c1. The molecule has 0 bridgehead atoms. The number of carbonyl (C=O) groups is 1. The van der Waals surface area contributed by atoms with Crippen LogP contribution in [0.15, 0.2) is 47.5 Å². The third kappa shape index (κ3) is 5.25. The first kappa shape index (κ1) is 22.2. The number of fused-ring (bicyclic) bond motifs is 1. The molecule has 0 saturated carbocycles. The van der Waals surface area contributed by atoms with Crippen molar-refractivity contribution in [2.75, 3.05) is 22.6 Å². The van der Waals surface area contributed by atoms with Gasteiger partial charge in [0.05, 0.1) is 29.3 Å². The quantitative estimate of drug-likeness (QED) is 0.710. The average Bonchev–Trinajstić information content (AvgIpc) is 3.17. The van der Waals surface area contributed by atoms with Crippen LogP contribution in [-0.4, -0.2) is 53.7 Å². The van der Waals surface area contributed by atoms with Crippen LogP contribution in [0.3, 0.4) is 0 Å². The predicted octanol–water partition coefficient (Wildman–Crippen LogP) is 3.67. The summed E-state index contributed by atoms with van der Waals surface area (Å²) in [5, 5.41) is 4.33. The maximum Gasteiger partial charge on any atom is 0.234 e. The molecule has 0 radical (unpaired) electrons. The number of halogens is 1. The minimum Gasteiger partial charge on any atom is -0.341 e. The van der Waals surface area contributed by atoms with Gasteiger partial charge < -0.3 is 10.2 Å². The first-order valence-corrected chi connectivity index (χ1v) is 13.2. The zero-order valence-electron chi connectivity index (χ0n) is 17.3. The van der Waals surface area contributed by atoms with Crippen molar-refractivity contribution in [2.24, 2.45) is 4.99 Å². The fraction of sp³-hybridized carbons (Fsp3) is 0.364. The number of rotatable bonds is 5. The van der Waals surface area contributed by atoms with Gasteiger partial charge >= 0.3 is 0 Å². The highest BCUT2D eigenvalue weighted by Crippen LogP contribution is 2.32. The highest BCUT2D eigenvalue weighted by atomic mass is 35.5. The normalized spacial score (nSPS) is 21.6. The highest BCUT2D eigenvalue weighted by Gasteiger charge is 2.46. The van der Waals surface area contributed by atoms with Crippen LogP contribution in [0.25, 0.3) is 0 Å². The summed E-state index contributed by atoms with van der Waals surface area (Å²) < 4.78 is 24.3. The van der Waals surface area contributed by atoms with Gasteiger partial charge in [-0.25, -0.2) is 8.42 Å². The maximum atomic E-state index is 12.6. The van der Waals surface area contributed by atoms with Crippen molar-refractivity contribution in [1.29, 1.82) is 0 Å². The molecule has 4 rings (SSSR count). The highest BCUT2D eigenvalue weighted by molar-refractivity contribution is 8.14. The number of amidine groups is 1. The van der Waals surface area contributed by atoms with Gasteiger partial charge in [0.2, 0.25) is 5.91 Å². The molecule has 31 heavy (non-hydrogen) atoms. The van der Waals surface area contributed by atoms with Crippen molar-refractivity contribution in [3.8, 4) is 0 Å². The second kappa shape index (κ2) is 8.84. The van der Waals surface area contributed by atoms with Crippen molar-refractivity contribution in [3.05, 3.63) is 64.2 Å². The second-order valence-electron chi connectivity index (χ2n) is 8.03. The number of hydrogen-bond acceptors (Lipinski definition) is 6. The zero-order chi connectivity index (χ0) is 22.2. The first-order valence-electron chi connectivity index (χ1n) is 9.99. The number of carbonyl (C=O) groups excluding carboxylic acids is 1. The van der Waals surface area contributed by atoms with Crippen LogP contribution in [0.5, 0.6) is 0 Å². The third-order valence-corrected chi connectivity index (χ3v) is 8.44. The van der Waals surface area contributed by atoms with E-state index < -0.39 is 9.84 Å². The monoisotopic (exact) mass is 477 g/mol. The van der Waals surface area contributed by atoms with E-state index in [2.05, 4.69) is 10.3 Å². The number of anilines is 1. The van der Waals surface area contributed by atoms with E-state index in [-0.39, 0.29) is 35.2 Å². The summed E-state index contributed by atoms with van der Waals surface area (Å²) >= 11 is 7.34. The van der Waals surface area contributed by atoms with Crippen LogP contribution in [0.1, 0.15) is 16.7 Å². The Kier molecular flexibility index (Phi) is 6.32. The number of aryl methyl sites for hydroxylation is 2. The van der Waals surface area contributed by atoms with E-state index in [9.17, 15) is 13.2 Å². The molecule has 1 amide bonds. The number of hydrogen-bond donors (Lipinski definition) is 1. The minimum atomic E-state index is -3.10. The predicted molar refractivity (Wildman–Crippen MR) is 128 cm³/mol. The molecule has 1 N–H and O–H groups in total. The fourth-order valence-electron chi connectivity index (χ4n) is 3.87. The fourth-order valence-corrected chi connectivity index (χ4v) is 6.78. The summed E-state index contributed by atoms with van der Waals surface area (Å²) in [4.78, 5) is 19.3. The largest absolute Gasteiger partial charge is 0.341 e. The Morgan fingerprint density at radius 2 is 1.94 bits per heavy atom. The molecule has 0 aliphatic carbocycles. The summed E-state index contributed by atoms with van der Waals surface area (Å²) in [6.07, 6.45) is 0.